The quantitative estimate of drug-likeness (QED) is 0.890. The maximum absolute atomic E-state index is 10.7. The minimum atomic E-state index is -0.571. The van der Waals surface area contributed by atoms with Gasteiger partial charge in [0.2, 0.25) is 0 Å². The zero-order valence-electron chi connectivity index (χ0n) is 11.5. The monoisotopic (exact) mass is 249 g/mol. The van der Waals surface area contributed by atoms with E-state index in [0.29, 0.717) is 12.5 Å². The molecular weight excluding hydrogens is 226 g/mol. The van der Waals surface area contributed by atoms with Gasteiger partial charge in [-0.15, -0.1) is 0 Å². The Labute approximate surface area is 109 Å². The average molecular weight is 249 g/mol. The summed E-state index contributed by atoms with van der Waals surface area (Å²) in [5, 5.41) is 10.7. The fourth-order valence-electron chi connectivity index (χ4n) is 2.74. The highest BCUT2D eigenvalue weighted by molar-refractivity contribution is 5.29. The van der Waals surface area contributed by atoms with Crippen molar-refractivity contribution >= 4 is 0 Å². The second-order valence-electron chi connectivity index (χ2n) is 5.54. The molecule has 0 aromatic heterocycles. The summed E-state index contributed by atoms with van der Waals surface area (Å²) in [4.78, 5) is 2.31. The van der Waals surface area contributed by atoms with E-state index in [1.165, 1.54) is 0 Å². The molecule has 2 rings (SSSR count). The average Bonchev–Trinajstić information content (AvgIpc) is 2.34. The van der Waals surface area contributed by atoms with E-state index in [4.69, 9.17) is 4.74 Å². The van der Waals surface area contributed by atoms with Gasteiger partial charge in [-0.25, -0.2) is 0 Å². The van der Waals surface area contributed by atoms with E-state index in [1.807, 2.05) is 18.2 Å². The lowest BCUT2D eigenvalue weighted by molar-refractivity contribution is -0.0353. The lowest BCUT2D eigenvalue weighted by Crippen LogP contribution is -2.48. The zero-order chi connectivity index (χ0) is 13.2. The molecule has 3 nitrogen and oxygen atoms in total. The lowest BCUT2D eigenvalue weighted by atomic mass is 9.82. The highest BCUT2D eigenvalue weighted by atomic mass is 16.5. The van der Waals surface area contributed by atoms with Crippen LogP contribution < -0.4 is 4.74 Å². The van der Waals surface area contributed by atoms with Crippen LogP contribution in [0, 0.1) is 0 Å². The van der Waals surface area contributed by atoms with Gasteiger partial charge in [-0.2, -0.15) is 0 Å². The second-order valence-corrected chi connectivity index (χ2v) is 5.54. The Hall–Kier alpha value is -1.06. The standard InChI is InChI=1S/C15H23NO2/c1-12-10-15(17,7-8-16(12)2)11-13-5-4-6-14(9-13)18-3/h4-6,9,12,17H,7-8,10-11H2,1-3H3. The van der Waals surface area contributed by atoms with Gasteiger partial charge in [0.1, 0.15) is 5.75 Å². The van der Waals surface area contributed by atoms with Crippen LogP contribution in [-0.4, -0.2) is 42.4 Å². The van der Waals surface area contributed by atoms with Crippen LogP contribution in [-0.2, 0) is 6.42 Å². The Morgan fingerprint density at radius 2 is 2.28 bits per heavy atom. The van der Waals surface area contributed by atoms with Crippen molar-refractivity contribution in [2.75, 3.05) is 20.7 Å². The molecule has 1 N–H and O–H groups in total. The predicted molar refractivity (Wildman–Crippen MR) is 73.0 cm³/mol. The number of rotatable bonds is 3. The molecule has 1 saturated heterocycles. The third-order valence-electron chi connectivity index (χ3n) is 4.03. The molecule has 2 unspecified atom stereocenters. The van der Waals surface area contributed by atoms with E-state index in [2.05, 4.69) is 24.9 Å². The van der Waals surface area contributed by atoms with Crippen molar-refractivity contribution in [1.29, 1.82) is 0 Å². The van der Waals surface area contributed by atoms with E-state index < -0.39 is 5.60 Å². The minimum absolute atomic E-state index is 0.439. The normalized spacial score (nSPS) is 29.2. The van der Waals surface area contributed by atoms with Crippen LogP contribution in [0.1, 0.15) is 25.3 Å². The van der Waals surface area contributed by atoms with Crippen molar-refractivity contribution < 1.29 is 9.84 Å². The fraction of sp³-hybridized carbons (Fsp3) is 0.600. The second kappa shape index (κ2) is 5.29. The Bertz CT molecular complexity index is 407. The molecule has 0 amide bonds. The van der Waals surface area contributed by atoms with Crippen molar-refractivity contribution in [1.82, 2.24) is 4.90 Å². The smallest absolute Gasteiger partial charge is 0.119 e. The molecule has 1 aromatic carbocycles. The first-order valence-electron chi connectivity index (χ1n) is 6.58. The molecule has 2 atom stereocenters. The zero-order valence-corrected chi connectivity index (χ0v) is 11.5. The van der Waals surface area contributed by atoms with E-state index in [-0.39, 0.29) is 0 Å². The van der Waals surface area contributed by atoms with Gasteiger partial charge in [-0.3, -0.25) is 0 Å². The van der Waals surface area contributed by atoms with Gasteiger partial charge < -0.3 is 14.7 Å². The van der Waals surface area contributed by atoms with Gasteiger partial charge in [0.05, 0.1) is 12.7 Å². The summed E-state index contributed by atoms with van der Waals surface area (Å²) in [6, 6.07) is 8.43. The molecule has 1 aliphatic heterocycles. The fourth-order valence-corrected chi connectivity index (χ4v) is 2.74. The Balaban J connectivity index is 2.07. The summed E-state index contributed by atoms with van der Waals surface area (Å²) in [5.41, 5.74) is 0.576. The number of aliphatic hydroxyl groups is 1. The van der Waals surface area contributed by atoms with Crippen LogP contribution in [0.2, 0.25) is 0 Å². The van der Waals surface area contributed by atoms with Gasteiger partial charge in [0.25, 0.3) is 0 Å². The molecule has 100 valence electrons. The number of hydrogen-bond acceptors (Lipinski definition) is 3. The van der Waals surface area contributed by atoms with Gasteiger partial charge in [-0.1, -0.05) is 12.1 Å². The summed E-state index contributed by atoms with van der Waals surface area (Å²) >= 11 is 0. The van der Waals surface area contributed by atoms with Crippen molar-refractivity contribution in [3.05, 3.63) is 29.8 Å². The van der Waals surface area contributed by atoms with E-state index >= 15 is 0 Å². The van der Waals surface area contributed by atoms with Gasteiger partial charge in [0.15, 0.2) is 0 Å². The van der Waals surface area contributed by atoms with Crippen molar-refractivity contribution in [3.8, 4) is 5.75 Å². The number of benzene rings is 1. The maximum Gasteiger partial charge on any atom is 0.119 e. The molecular formula is C15H23NO2. The first-order valence-corrected chi connectivity index (χ1v) is 6.58. The molecule has 1 heterocycles. The number of likely N-dealkylation sites (tertiary alicyclic amines) is 1. The maximum atomic E-state index is 10.7. The molecule has 0 radical (unpaired) electrons. The van der Waals surface area contributed by atoms with Crippen molar-refractivity contribution in [3.63, 3.8) is 0 Å². The third kappa shape index (κ3) is 3.03. The molecule has 0 spiro atoms. The number of ether oxygens (including phenoxy) is 1. The first-order chi connectivity index (χ1) is 8.52. The molecule has 1 fully saturated rings. The third-order valence-corrected chi connectivity index (χ3v) is 4.03. The largest absolute Gasteiger partial charge is 0.497 e. The number of methoxy groups -OCH3 is 1. The molecule has 1 aliphatic rings. The molecule has 18 heavy (non-hydrogen) atoms. The highest BCUT2D eigenvalue weighted by Crippen LogP contribution is 2.30. The van der Waals surface area contributed by atoms with Crippen LogP contribution >= 0.6 is 0 Å². The first kappa shape index (κ1) is 13.4. The molecule has 3 heteroatoms. The summed E-state index contributed by atoms with van der Waals surface area (Å²) in [7, 11) is 3.79. The summed E-state index contributed by atoms with van der Waals surface area (Å²) < 4.78 is 5.23. The topological polar surface area (TPSA) is 32.7 Å². The van der Waals surface area contributed by atoms with E-state index in [9.17, 15) is 5.11 Å². The van der Waals surface area contributed by atoms with Crippen LogP contribution in [0.15, 0.2) is 24.3 Å². The molecule has 0 aliphatic carbocycles. The van der Waals surface area contributed by atoms with E-state index in [1.54, 1.807) is 7.11 Å². The van der Waals surface area contributed by atoms with Gasteiger partial charge in [0, 0.05) is 19.0 Å². The van der Waals surface area contributed by atoms with Crippen molar-refractivity contribution in [2.45, 2.75) is 37.8 Å². The van der Waals surface area contributed by atoms with Crippen LogP contribution in [0.3, 0.4) is 0 Å². The Kier molecular flexibility index (Phi) is 3.93. The summed E-state index contributed by atoms with van der Waals surface area (Å²) in [6.07, 6.45) is 2.38. The van der Waals surface area contributed by atoms with Crippen LogP contribution in [0.25, 0.3) is 0 Å². The number of piperidine rings is 1. The van der Waals surface area contributed by atoms with Gasteiger partial charge in [-0.05, 0) is 44.5 Å². The molecule has 0 saturated carbocycles. The van der Waals surface area contributed by atoms with Crippen molar-refractivity contribution in [2.24, 2.45) is 0 Å². The lowest BCUT2D eigenvalue weighted by Gasteiger charge is -2.41. The predicted octanol–water partition coefficient (Wildman–Crippen LogP) is 2.08. The molecule has 1 aromatic rings. The number of hydrogen-bond donors (Lipinski definition) is 1. The molecule has 0 bridgehead atoms. The summed E-state index contributed by atoms with van der Waals surface area (Å²) in [6.45, 7) is 3.14. The SMILES string of the molecule is COc1cccc(CC2(O)CCN(C)C(C)C2)c1. The summed E-state index contributed by atoms with van der Waals surface area (Å²) in [5.74, 6) is 0.858. The Morgan fingerprint density at radius 1 is 1.50 bits per heavy atom. The Morgan fingerprint density at radius 3 is 2.94 bits per heavy atom. The van der Waals surface area contributed by atoms with E-state index in [0.717, 1.165) is 30.7 Å². The van der Waals surface area contributed by atoms with Crippen LogP contribution in [0.5, 0.6) is 5.75 Å². The van der Waals surface area contributed by atoms with Gasteiger partial charge >= 0.3 is 0 Å². The minimum Gasteiger partial charge on any atom is -0.497 e. The van der Waals surface area contributed by atoms with Crippen LogP contribution in [0.4, 0.5) is 0 Å². The number of nitrogens with zero attached hydrogens (tertiary/aromatic N) is 1. The highest BCUT2D eigenvalue weighted by Gasteiger charge is 2.35.